The third kappa shape index (κ3) is 5.68. The molecule has 0 heterocycles. The van der Waals surface area contributed by atoms with Gasteiger partial charge in [-0.1, -0.05) is 23.8 Å². The minimum absolute atomic E-state index is 0.0640. The number of aryl methyl sites for hydroxylation is 1. The molecule has 160 valence electrons. The van der Waals surface area contributed by atoms with Gasteiger partial charge in [-0.15, -0.1) is 0 Å². The number of benzene rings is 2. The van der Waals surface area contributed by atoms with Crippen LogP contribution in [0.4, 0.5) is 8.78 Å². The van der Waals surface area contributed by atoms with Crippen LogP contribution in [0.3, 0.4) is 0 Å². The fourth-order valence-corrected chi connectivity index (χ4v) is 3.07. The Morgan fingerprint density at radius 1 is 1.13 bits per heavy atom. The molecule has 30 heavy (non-hydrogen) atoms. The summed E-state index contributed by atoms with van der Waals surface area (Å²) in [5.41, 5.74) is 2.26. The van der Waals surface area contributed by atoms with Crippen LogP contribution in [0.2, 0.25) is 0 Å². The van der Waals surface area contributed by atoms with E-state index in [1.165, 1.54) is 13.2 Å². The second kappa shape index (κ2) is 9.56. The number of ether oxygens (including phenoxy) is 2. The number of methoxy groups -OCH3 is 1. The number of halogens is 2. The fourth-order valence-electron chi connectivity index (χ4n) is 3.07. The number of hydrogen-bond donors (Lipinski definition) is 1. The topological polar surface area (TPSA) is 67.9 Å². The van der Waals surface area contributed by atoms with Crippen LogP contribution in [0.25, 0.3) is 0 Å². The standard InChI is InChI=1S/C22H24F2N2O4/c1-14-3-6-16(7-4-14)21(28)25-12-20(27)26(17-8-9-17)13-15-5-10-18(30-22(23)24)19(11-15)29-2/h3-7,10-11,17,22H,8-9,12-13H2,1-2H3,(H,25,28). The van der Waals surface area contributed by atoms with Crippen LogP contribution < -0.4 is 14.8 Å². The molecule has 8 heteroatoms. The molecule has 6 nitrogen and oxygen atoms in total. The van der Waals surface area contributed by atoms with Gasteiger partial charge in [0.2, 0.25) is 5.91 Å². The third-order valence-corrected chi connectivity index (χ3v) is 4.82. The predicted octanol–water partition coefficient (Wildman–Crippen LogP) is 3.53. The number of alkyl halides is 2. The smallest absolute Gasteiger partial charge is 0.387 e. The van der Waals surface area contributed by atoms with Crippen molar-refractivity contribution in [1.82, 2.24) is 10.2 Å². The number of carbonyl (C=O) groups excluding carboxylic acids is 2. The Labute approximate surface area is 173 Å². The van der Waals surface area contributed by atoms with Crippen molar-refractivity contribution >= 4 is 11.8 Å². The van der Waals surface area contributed by atoms with Crippen LogP contribution in [0.5, 0.6) is 11.5 Å². The molecule has 1 saturated carbocycles. The molecule has 1 aliphatic carbocycles. The summed E-state index contributed by atoms with van der Waals surface area (Å²) in [7, 11) is 1.36. The van der Waals surface area contributed by atoms with Crippen molar-refractivity contribution in [3.05, 3.63) is 59.2 Å². The number of nitrogens with one attached hydrogen (secondary N) is 1. The monoisotopic (exact) mass is 418 g/mol. The van der Waals surface area contributed by atoms with Gasteiger partial charge in [0, 0.05) is 18.2 Å². The lowest BCUT2D eigenvalue weighted by atomic mass is 10.1. The maximum Gasteiger partial charge on any atom is 0.387 e. The minimum atomic E-state index is -2.95. The van der Waals surface area contributed by atoms with Crippen LogP contribution in [0.1, 0.15) is 34.3 Å². The first kappa shape index (κ1) is 21.5. The molecule has 1 aliphatic rings. The SMILES string of the molecule is COc1cc(CN(C(=O)CNC(=O)c2ccc(C)cc2)C2CC2)ccc1OC(F)F. The van der Waals surface area contributed by atoms with Gasteiger partial charge in [0.05, 0.1) is 13.7 Å². The van der Waals surface area contributed by atoms with E-state index in [-0.39, 0.29) is 42.4 Å². The van der Waals surface area contributed by atoms with Gasteiger partial charge < -0.3 is 19.7 Å². The Bertz CT molecular complexity index is 899. The number of nitrogens with zero attached hydrogens (tertiary/aromatic N) is 1. The normalized spacial score (nSPS) is 13.1. The summed E-state index contributed by atoms with van der Waals surface area (Å²) in [5, 5.41) is 2.66. The summed E-state index contributed by atoms with van der Waals surface area (Å²) in [4.78, 5) is 26.7. The summed E-state index contributed by atoms with van der Waals surface area (Å²) in [6.07, 6.45) is 1.78. The lowest BCUT2D eigenvalue weighted by Crippen LogP contribution is -2.41. The Morgan fingerprint density at radius 3 is 2.43 bits per heavy atom. The summed E-state index contributed by atoms with van der Waals surface area (Å²) in [6, 6.07) is 11.8. The van der Waals surface area contributed by atoms with Crippen molar-refractivity contribution in [3.63, 3.8) is 0 Å². The number of amides is 2. The fraction of sp³-hybridized carbons (Fsp3) is 0.364. The molecule has 2 aromatic carbocycles. The zero-order valence-corrected chi connectivity index (χ0v) is 16.9. The molecule has 0 spiro atoms. The average Bonchev–Trinajstić information content (AvgIpc) is 3.56. The molecular formula is C22H24F2N2O4. The molecule has 0 aromatic heterocycles. The first-order chi connectivity index (χ1) is 14.4. The third-order valence-electron chi connectivity index (χ3n) is 4.82. The highest BCUT2D eigenvalue weighted by Gasteiger charge is 2.32. The van der Waals surface area contributed by atoms with Gasteiger partial charge >= 0.3 is 6.61 Å². The molecular weight excluding hydrogens is 394 g/mol. The Kier molecular flexibility index (Phi) is 6.87. The summed E-state index contributed by atoms with van der Waals surface area (Å²) >= 11 is 0. The Hall–Kier alpha value is -3.16. The Balaban J connectivity index is 1.63. The van der Waals surface area contributed by atoms with Crippen molar-refractivity contribution < 1.29 is 27.8 Å². The predicted molar refractivity (Wildman–Crippen MR) is 107 cm³/mol. The van der Waals surface area contributed by atoms with Gasteiger partial charge in [0.15, 0.2) is 11.5 Å². The highest BCUT2D eigenvalue weighted by atomic mass is 19.3. The second-order valence-corrected chi connectivity index (χ2v) is 7.17. The van der Waals surface area contributed by atoms with Crippen molar-refractivity contribution in [3.8, 4) is 11.5 Å². The number of rotatable bonds is 9. The second-order valence-electron chi connectivity index (χ2n) is 7.17. The largest absolute Gasteiger partial charge is 0.493 e. The van der Waals surface area contributed by atoms with Gasteiger partial charge in [-0.3, -0.25) is 9.59 Å². The van der Waals surface area contributed by atoms with E-state index in [2.05, 4.69) is 10.1 Å². The van der Waals surface area contributed by atoms with Crippen LogP contribution in [0, 0.1) is 6.92 Å². The van der Waals surface area contributed by atoms with Gasteiger partial charge in [-0.2, -0.15) is 8.78 Å². The maximum absolute atomic E-state index is 12.7. The zero-order chi connectivity index (χ0) is 21.7. The van der Waals surface area contributed by atoms with Crippen molar-refractivity contribution in [2.24, 2.45) is 0 Å². The van der Waals surface area contributed by atoms with Crippen molar-refractivity contribution in [2.45, 2.75) is 39.0 Å². The van der Waals surface area contributed by atoms with Crippen LogP contribution in [0.15, 0.2) is 42.5 Å². The van der Waals surface area contributed by atoms with Gasteiger partial charge in [0.1, 0.15) is 0 Å². The highest BCUT2D eigenvalue weighted by Crippen LogP contribution is 2.32. The van der Waals surface area contributed by atoms with E-state index in [4.69, 9.17) is 4.74 Å². The first-order valence-corrected chi connectivity index (χ1v) is 9.63. The lowest BCUT2D eigenvalue weighted by Gasteiger charge is -2.23. The number of carbonyl (C=O) groups is 2. The quantitative estimate of drug-likeness (QED) is 0.677. The molecule has 0 bridgehead atoms. The van der Waals surface area contributed by atoms with E-state index in [0.29, 0.717) is 5.56 Å². The van der Waals surface area contributed by atoms with E-state index in [1.807, 2.05) is 19.1 Å². The van der Waals surface area contributed by atoms with Crippen molar-refractivity contribution in [2.75, 3.05) is 13.7 Å². The summed E-state index contributed by atoms with van der Waals surface area (Å²) in [6.45, 7) is -0.853. The van der Waals surface area contributed by atoms with Gasteiger partial charge in [-0.25, -0.2) is 0 Å². The van der Waals surface area contributed by atoms with Crippen LogP contribution in [-0.4, -0.2) is 43.0 Å². The van der Waals surface area contributed by atoms with Gasteiger partial charge in [-0.05, 0) is 49.6 Å². The number of hydrogen-bond acceptors (Lipinski definition) is 4. The molecule has 0 saturated heterocycles. The van der Waals surface area contributed by atoms with E-state index < -0.39 is 6.61 Å². The molecule has 1 N–H and O–H groups in total. The summed E-state index contributed by atoms with van der Waals surface area (Å²) < 4.78 is 34.5. The molecule has 2 aromatic rings. The minimum Gasteiger partial charge on any atom is -0.493 e. The van der Waals surface area contributed by atoms with E-state index >= 15 is 0 Å². The molecule has 3 rings (SSSR count). The molecule has 2 amide bonds. The highest BCUT2D eigenvalue weighted by molar-refractivity contribution is 5.96. The Morgan fingerprint density at radius 2 is 1.83 bits per heavy atom. The molecule has 0 unspecified atom stereocenters. The van der Waals surface area contributed by atoms with E-state index in [1.54, 1.807) is 29.2 Å². The summed E-state index contributed by atoms with van der Waals surface area (Å²) in [5.74, 6) is -0.409. The first-order valence-electron chi connectivity index (χ1n) is 9.63. The molecule has 1 fully saturated rings. The molecule has 0 aliphatic heterocycles. The lowest BCUT2D eigenvalue weighted by molar-refractivity contribution is -0.131. The molecule has 0 atom stereocenters. The molecule has 0 radical (unpaired) electrons. The van der Waals surface area contributed by atoms with Gasteiger partial charge in [0.25, 0.3) is 5.91 Å². The van der Waals surface area contributed by atoms with Crippen LogP contribution >= 0.6 is 0 Å². The van der Waals surface area contributed by atoms with Crippen molar-refractivity contribution in [1.29, 1.82) is 0 Å². The van der Waals surface area contributed by atoms with E-state index in [9.17, 15) is 18.4 Å². The van der Waals surface area contributed by atoms with Crippen LogP contribution in [-0.2, 0) is 11.3 Å². The van der Waals surface area contributed by atoms with E-state index in [0.717, 1.165) is 24.0 Å². The average molecular weight is 418 g/mol. The zero-order valence-electron chi connectivity index (χ0n) is 16.9. The maximum atomic E-state index is 12.7.